The molecule has 1 atom stereocenters. The van der Waals surface area contributed by atoms with Gasteiger partial charge in [0.2, 0.25) is 0 Å². The first-order valence-electron chi connectivity index (χ1n) is 9.09. The predicted molar refractivity (Wildman–Crippen MR) is 112 cm³/mol. The molecule has 2 rings (SSSR count). The number of carbonyl (C=O) groups excluding carboxylic acids is 1. The number of rotatable bonds is 9. The van der Waals surface area contributed by atoms with Crippen molar-refractivity contribution in [2.75, 3.05) is 37.7 Å². The second-order valence-corrected chi connectivity index (χ2v) is 9.38. The molecule has 26 heavy (non-hydrogen) atoms. The molecule has 0 unspecified atom stereocenters. The van der Waals surface area contributed by atoms with Crippen LogP contribution in [0.3, 0.4) is 0 Å². The van der Waals surface area contributed by atoms with Gasteiger partial charge in [-0.3, -0.25) is 4.79 Å². The van der Waals surface area contributed by atoms with Crippen LogP contribution in [0.15, 0.2) is 12.1 Å². The summed E-state index contributed by atoms with van der Waals surface area (Å²) in [6, 6.07) is 3.83. The second kappa shape index (κ2) is 10.3. The molecule has 1 heterocycles. The zero-order valence-corrected chi connectivity index (χ0v) is 17.8. The Morgan fingerprint density at radius 3 is 2.65 bits per heavy atom. The third kappa shape index (κ3) is 5.02. The summed E-state index contributed by atoms with van der Waals surface area (Å²) < 4.78 is 10.9. The van der Waals surface area contributed by atoms with E-state index in [-0.39, 0.29) is 18.7 Å². The van der Waals surface area contributed by atoms with Crippen molar-refractivity contribution in [3.05, 3.63) is 23.3 Å². The fourth-order valence-corrected chi connectivity index (χ4v) is 6.12. The van der Waals surface area contributed by atoms with Gasteiger partial charge >= 0.3 is 0 Å². The number of nitrogen functional groups attached to an aromatic ring is 1. The molecule has 2 N–H and O–H groups in total. The summed E-state index contributed by atoms with van der Waals surface area (Å²) in [5, 5.41) is 0. The molecule has 0 radical (unpaired) electrons. The van der Waals surface area contributed by atoms with Crippen LogP contribution in [0.2, 0.25) is 0 Å². The van der Waals surface area contributed by atoms with E-state index < -0.39 is 0 Å². The van der Waals surface area contributed by atoms with Gasteiger partial charge in [-0.25, -0.2) is 0 Å². The Balaban J connectivity index is 2.22. The molecule has 0 aliphatic carbocycles. The maximum absolute atomic E-state index is 13.2. The number of ether oxygens (including phenoxy) is 2. The van der Waals surface area contributed by atoms with Crippen molar-refractivity contribution in [3.63, 3.8) is 0 Å². The number of aryl methyl sites for hydroxylation is 1. The zero-order chi connectivity index (χ0) is 19.1. The van der Waals surface area contributed by atoms with Gasteiger partial charge in [-0.1, -0.05) is 13.8 Å². The van der Waals surface area contributed by atoms with E-state index >= 15 is 0 Å². The molecule has 0 aromatic heterocycles. The Morgan fingerprint density at radius 1 is 1.35 bits per heavy atom. The van der Waals surface area contributed by atoms with E-state index in [1.54, 1.807) is 13.2 Å². The van der Waals surface area contributed by atoms with Crippen LogP contribution in [0.1, 0.15) is 42.6 Å². The third-order valence-electron chi connectivity index (χ3n) is 4.45. The highest BCUT2D eigenvalue weighted by atomic mass is 32.2. The normalized spacial score (nSPS) is 17.1. The quantitative estimate of drug-likeness (QED) is 0.501. The van der Waals surface area contributed by atoms with Crippen LogP contribution in [-0.2, 0) is 4.74 Å². The van der Waals surface area contributed by atoms with E-state index in [0.717, 1.165) is 36.5 Å². The molecule has 0 spiro atoms. The van der Waals surface area contributed by atoms with Gasteiger partial charge in [-0.05, 0) is 42.9 Å². The van der Waals surface area contributed by atoms with E-state index in [0.29, 0.717) is 21.6 Å². The summed E-state index contributed by atoms with van der Waals surface area (Å²) in [6.07, 6.45) is 2.11. The van der Waals surface area contributed by atoms with Gasteiger partial charge in [0.25, 0.3) is 5.91 Å². The summed E-state index contributed by atoms with van der Waals surface area (Å²) in [6.45, 7) is 7.23. The maximum Gasteiger partial charge on any atom is 0.256 e. The molecule has 5 nitrogen and oxygen atoms in total. The molecule has 1 amide bonds. The van der Waals surface area contributed by atoms with Crippen LogP contribution >= 0.6 is 23.5 Å². The molecule has 0 saturated carbocycles. The van der Waals surface area contributed by atoms with Crippen LogP contribution in [0.5, 0.6) is 5.75 Å². The number of amides is 1. The van der Waals surface area contributed by atoms with Gasteiger partial charge in [0.05, 0.1) is 16.2 Å². The molecule has 1 fully saturated rings. The number of nitrogens with two attached hydrogens (primary N) is 1. The zero-order valence-electron chi connectivity index (χ0n) is 16.1. The molecular weight excluding hydrogens is 368 g/mol. The summed E-state index contributed by atoms with van der Waals surface area (Å²) >= 11 is 3.87. The van der Waals surface area contributed by atoms with Gasteiger partial charge in [-0.15, -0.1) is 23.5 Å². The number of carbonyl (C=O) groups is 1. The Labute approximate surface area is 165 Å². The monoisotopic (exact) mass is 398 g/mol. The number of nitrogens with zero attached hydrogens (tertiary/aromatic N) is 1. The van der Waals surface area contributed by atoms with Gasteiger partial charge < -0.3 is 20.1 Å². The summed E-state index contributed by atoms with van der Waals surface area (Å²) in [5.74, 6) is 2.80. The molecule has 1 aliphatic heterocycles. The van der Waals surface area contributed by atoms with E-state index in [2.05, 4.69) is 13.8 Å². The topological polar surface area (TPSA) is 64.8 Å². The van der Waals surface area contributed by atoms with Crippen LogP contribution in [0, 0.1) is 6.92 Å². The number of likely N-dealkylation sites (tertiary alicyclic amines) is 1. The van der Waals surface area contributed by atoms with Crippen molar-refractivity contribution in [3.8, 4) is 5.75 Å². The number of anilines is 1. The van der Waals surface area contributed by atoms with Crippen molar-refractivity contribution < 1.29 is 14.3 Å². The average molecular weight is 399 g/mol. The highest BCUT2D eigenvalue weighted by molar-refractivity contribution is 8.17. The van der Waals surface area contributed by atoms with Gasteiger partial charge in [0.1, 0.15) is 5.75 Å². The SMILES string of the molecule is CCSC(SCC)[C@@H]1CCCN1C(=O)c1cc(C)c(OCOC)cc1N. The molecule has 0 bridgehead atoms. The number of benzene rings is 1. The fourth-order valence-electron chi connectivity index (χ4n) is 3.25. The number of methoxy groups -OCH3 is 1. The average Bonchev–Trinajstić information content (AvgIpc) is 3.11. The van der Waals surface area contributed by atoms with Crippen molar-refractivity contribution in [2.45, 2.75) is 44.2 Å². The highest BCUT2D eigenvalue weighted by Gasteiger charge is 2.36. The first-order chi connectivity index (χ1) is 12.5. The summed E-state index contributed by atoms with van der Waals surface area (Å²) in [4.78, 5) is 15.3. The van der Waals surface area contributed by atoms with Crippen molar-refractivity contribution >= 4 is 35.1 Å². The number of hydrogen-bond donors (Lipinski definition) is 1. The molecule has 1 aromatic rings. The minimum absolute atomic E-state index is 0.0322. The molecule has 7 heteroatoms. The van der Waals surface area contributed by atoms with Gasteiger partial charge in [0.15, 0.2) is 6.79 Å². The van der Waals surface area contributed by atoms with Gasteiger partial charge in [-0.2, -0.15) is 0 Å². The van der Waals surface area contributed by atoms with Crippen LogP contribution in [0.4, 0.5) is 5.69 Å². The van der Waals surface area contributed by atoms with E-state index in [9.17, 15) is 4.79 Å². The maximum atomic E-state index is 13.2. The lowest BCUT2D eigenvalue weighted by molar-refractivity contribution is 0.0506. The predicted octanol–water partition coefficient (Wildman–Crippen LogP) is 4.00. The molecule has 1 aliphatic rings. The Bertz CT molecular complexity index is 607. The molecule has 1 saturated heterocycles. The second-order valence-electron chi connectivity index (χ2n) is 6.24. The Hall–Kier alpha value is -1.05. The lowest BCUT2D eigenvalue weighted by Gasteiger charge is -2.31. The number of hydrogen-bond acceptors (Lipinski definition) is 6. The van der Waals surface area contributed by atoms with Crippen molar-refractivity contribution in [1.29, 1.82) is 0 Å². The van der Waals surface area contributed by atoms with Crippen LogP contribution in [-0.4, -0.2) is 53.4 Å². The largest absolute Gasteiger partial charge is 0.467 e. The lowest BCUT2D eigenvalue weighted by atomic mass is 10.1. The molecule has 146 valence electrons. The highest BCUT2D eigenvalue weighted by Crippen LogP contribution is 2.36. The third-order valence-corrected chi connectivity index (χ3v) is 7.21. The first kappa shape index (κ1) is 21.3. The standard InChI is InChI=1S/C19H30N2O3S2/c1-5-25-19(26-6-2)16-8-7-9-21(16)18(22)14-10-13(3)17(11-15(14)20)24-12-23-4/h10-11,16,19H,5-9,12,20H2,1-4H3/t16-/m0/s1. The molecule has 1 aromatic carbocycles. The summed E-state index contributed by atoms with van der Waals surface area (Å²) in [7, 11) is 1.57. The smallest absolute Gasteiger partial charge is 0.256 e. The number of thioether (sulfide) groups is 2. The fraction of sp³-hybridized carbons (Fsp3) is 0.632. The lowest BCUT2D eigenvalue weighted by Crippen LogP contribution is -2.41. The van der Waals surface area contributed by atoms with E-state index in [4.69, 9.17) is 15.2 Å². The Morgan fingerprint density at radius 2 is 2.04 bits per heavy atom. The minimum atomic E-state index is 0.0322. The van der Waals surface area contributed by atoms with Crippen molar-refractivity contribution in [1.82, 2.24) is 4.90 Å². The van der Waals surface area contributed by atoms with Crippen LogP contribution in [0.25, 0.3) is 0 Å². The first-order valence-corrected chi connectivity index (χ1v) is 11.2. The minimum Gasteiger partial charge on any atom is -0.467 e. The molecular formula is C19H30N2O3S2. The van der Waals surface area contributed by atoms with Crippen molar-refractivity contribution in [2.24, 2.45) is 0 Å². The van der Waals surface area contributed by atoms with Gasteiger partial charge in [0, 0.05) is 25.4 Å². The summed E-state index contributed by atoms with van der Waals surface area (Å²) in [5.41, 5.74) is 8.11. The Kier molecular flexibility index (Phi) is 8.44. The van der Waals surface area contributed by atoms with Crippen LogP contribution < -0.4 is 10.5 Å². The van der Waals surface area contributed by atoms with E-state index in [1.165, 1.54) is 0 Å². The van der Waals surface area contributed by atoms with E-state index in [1.807, 2.05) is 41.4 Å².